The molecule has 144 valence electrons. The van der Waals surface area contributed by atoms with Gasteiger partial charge in [-0.3, -0.25) is 10.1 Å². The van der Waals surface area contributed by atoms with E-state index in [9.17, 15) is 0 Å². The van der Waals surface area contributed by atoms with Crippen LogP contribution in [0, 0.1) is 13.8 Å². The van der Waals surface area contributed by atoms with Crippen molar-refractivity contribution in [3.05, 3.63) is 83.8 Å². The first-order valence-corrected chi connectivity index (χ1v) is 9.55. The molecule has 0 bridgehead atoms. The fraction of sp³-hybridized carbons (Fsp3) is 0.130. The molecular formula is C23H21N5O. The number of nitrogens with one attached hydrogen (secondary N) is 2. The highest BCUT2D eigenvalue weighted by molar-refractivity contribution is 6.10. The van der Waals surface area contributed by atoms with Crippen LogP contribution in [-0.4, -0.2) is 19.9 Å². The van der Waals surface area contributed by atoms with Gasteiger partial charge >= 0.3 is 0 Å². The molecular weight excluding hydrogens is 362 g/mol. The van der Waals surface area contributed by atoms with Gasteiger partial charge in [-0.05, 0) is 49.7 Å². The summed E-state index contributed by atoms with van der Waals surface area (Å²) >= 11 is 0. The molecule has 6 heteroatoms. The van der Waals surface area contributed by atoms with Crippen molar-refractivity contribution in [3.63, 3.8) is 0 Å². The average Bonchev–Trinajstić information content (AvgIpc) is 3.28. The molecule has 6 nitrogen and oxygen atoms in total. The van der Waals surface area contributed by atoms with E-state index in [0.717, 1.165) is 44.5 Å². The Morgan fingerprint density at radius 1 is 0.966 bits per heavy atom. The van der Waals surface area contributed by atoms with Crippen LogP contribution in [0.3, 0.4) is 0 Å². The number of fused-ring (bicyclic) bond motifs is 3. The van der Waals surface area contributed by atoms with Gasteiger partial charge in [0.05, 0.1) is 11.7 Å². The molecule has 5 rings (SSSR count). The topological polar surface area (TPSA) is 67.8 Å². The summed E-state index contributed by atoms with van der Waals surface area (Å²) in [6, 6.07) is 20.4. The molecule has 2 aromatic carbocycles. The molecule has 0 saturated heterocycles. The van der Waals surface area contributed by atoms with E-state index in [-0.39, 0.29) is 0 Å². The molecule has 29 heavy (non-hydrogen) atoms. The van der Waals surface area contributed by atoms with Gasteiger partial charge < -0.3 is 9.72 Å². The zero-order valence-electron chi connectivity index (χ0n) is 16.3. The number of hydrogen-bond donors (Lipinski definition) is 2. The molecule has 3 heterocycles. The standard InChI is InChI=1S/C23H21N5O/c1-15-8-9-16(2)28(15)27-23-22-20(13-24-26-23)19-12-18(10-11-21(19)25-22)29-14-17-6-4-3-5-7-17/h3-13,25H,14H2,1-2H3,(H,26,27). The lowest BCUT2D eigenvalue weighted by Gasteiger charge is -2.11. The number of anilines is 1. The Balaban J connectivity index is 1.50. The van der Waals surface area contributed by atoms with Crippen LogP contribution in [0.5, 0.6) is 5.75 Å². The summed E-state index contributed by atoms with van der Waals surface area (Å²) in [7, 11) is 0. The summed E-state index contributed by atoms with van der Waals surface area (Å²) in [5.74, 6) is 1.51. The van der Waals surface area contributed by atoms with Crippen molar-refractivity contribution in [3.8, 4) is 5.75 Å². The molecule has 5 aromatic rings. The van der Waals surface area contributed by atoms with E-state index in [1.165, 1.54) is 0 Å². The molecule has 0 aliphatic carbocycles. The van der Waals surface area contributed by atoms with Gasteiger partial charge in [-0.1, -0.05) is 30.3 Å². The minimum atomic E-state index is 0.535. The second kappa shape index (κ2) is 6.98. The molecule has 0 aliphatic heterocycles. The van der Waals surface area contributed by atoms with Crippen LogP contribution in [0.4, 0.5) is 5.82 Å². The van der Waals surface area contributed by atoms with Crippen molar-refractivity contribution >= 4 is 27.6 Å². The van der Waals surface area contributed by atoms with Crippen molar-refractivity contribution in [1.82, 2.24) is 19.9 Å². The fourth-order valence-corrected chi connectivity index (χ4v) is 3.57. The molecule has 0 aliphatic rings. The molecule has 2 N–H and O–H groups in total. The number of benzene rings is 2. The van der Waals surface area contributed by atoms with Crippen molar-refractivity contribution in [2.75, 3.05) is 5.43 Å². The summed E-state index contributed by atoms with van der Waals surface area (Å²) < 4.78 is 8.00. The molecule has 0 radical (unpaired) electrons. The average molecular weight is 383 g/mol. The molecule has 0 amide bonds. The van der Waals surface area contributed by atoms with Crippen LogP contribution in [0.25, 0.3) is 21.8 Å². The van der Waals surface area contributed by atoms with E-state index in [1.807, 2.05) is 35.0 Å². The maximum absolute atomic E-state index is 6.00. The highest BCUT2D eigenvalue weighted by atomic mass is 16.5. The Morgan fingerprint density at radius 2 is 1.76 bits per heavy atom. The van der Waals surface area contributed by atoms with Gasteiger partial charge in [0.2, 0.25) is 0 Å². The summed E-state index contributed by atoms with van der Waals surface area (Å²) in [6.07, 6.45) is 1.79. The zero-order chi connectivity index (χ0) is 19.8. The number of H-pyrrole nitrogens is 1. The lowest BCUT2D eigenvalue weighted by atomic mass is 10.2. The third kappa shape index (κ3) is 3.18. The zero-order valence-corrected chi connectivity index (χ0v) is 16.3. The summed E-state index contributed by atoms with van der Waals surface area (Å²) in [4.78, 5) is 3.47. The minimum Gasteiger partial charge on any atom is -0.489 e. The molecule has 0 unspecified atom stereocenters. The van der Waals surface area contributed by atoms with Crippen LogP contribution in [0.15, 0.2) is 66.9 Å². The van der Waals surface area contributed by atoms with E-state index in [2.05, 4.69) is 64.8 Å². The smallest absolute Gasteiger partial charge is 0.191 e. The van der Waals surface area contributed by atoms with Gasteiger partial charge in [0.1, 0.15) is 12.4 Å². The van der Waals surface area contributed by atoms with Crippen molar-refractivity contribution in [2.24, 2.45) is 0 Å². The second-order valence-corrected chi connectivity index (χ2v) is 7.15. The Morgan fingerprint density at radius 3 is 2.55 bits per heavy atom. The third-order valence-corrected chi connectivity index (χ3v) is 5.13. The number of nitrogens with zero attached hydrogens (tertiary/aromatic N) is 3. The van der Waals surface area contributed by atoms with Crippen LogP contribution < -0.4 is 10.2 Å². The summed E-state index contributed by atoms with van der Waals surface area (Å²) in [6.45, 7) is 4.64. The number of hydrogen-bond acceptors (Lipinski definition) is 4. The van der Waals surface area contributed by atoms with Crippen LogP contribution in [0.2, 0.25) is 0 Å². The van der Waals surface area contributed by atoms with E-state index in [0.29, 0.717) is 12.4 Å². The highest BCUT2D eigenvalue weighted by Crippen LogP contribution is 2.31. The second-order valence-electron chi connectivity index (χ2n) is 7.15. The number of aromatic nitrogens is 4. The maximum Gasteiger partial charge on any atom is 0.191 e. The normalized spacial score (nSPS) is 11.2. The Labute approximate surface area is 168 Å². The molecule has 0 atom stereocenters. The maximum atomic E-state index is 6.00. The Bertz CT molecular complexity index is 1280. The quantitative estimate of drug-likeness (QED) is 0.449. The number of aryl methyl sites for hydroxylation is 2. The lowest BCUT2D eigenvalue weighted by Crippen LogP contribution is -2.14. The largest absolute Gasteiger partial charge is 0.489 e. The summed E-state index contributed by atoms with van der Waals surface area (Å²) in [5, 5.41) is 10.6. The Hall–Kier alpha value is -3.80. The number of ether oxygens (including phenoxy) is 1. The van der Waals surface area contributed by atoms with Crippen LogP contribution in [-0.2, 0) is 6.61 Å². The first-order chi connectivity index (χ1) is 14.2. The molecule has 3 aromatic heterocycles. The summed E-state index contributed by atoms with van der Waals surface area (Å²) in [5.41, 5.74) is 8.66. The van der Waals surface area contributed by atoms with E-state index in [4.69, 9.17) is 4.74 Å². The van der Waals surface area contributed by atoms with Crippen molar-refractivity contribution < 1.29 is 4.74 Å². The molecule has 0 spiro atoms. The number of rotatable bonds is 5. The van der Waals surface area contributed by atoms with Crippen LogP contribution in [0.1, 0.15) is 17.0 Å². The van der Waals surface area contributed by atoms with Gasteiger partial charge in [0.25, 0.3) is 0 Å². The van der Waals surface area contributed by atoms with Gasteiger partial charge in [-0.2, -0.15) is 5.10 Å². The van der Waals surface area contributed by atoms with Gasteiger partial charge in [-0.25, -0.2) is 0 Å². The SMILES string of the molecule is Cc1ccc(C)n1Nc1nncc2c1[nH]c1ccc(OCc3ccccc3)cc12. The predicted octanol–water partition coefficient (Wildman–Crippen LogP) is 4.98. The fourth-order valence-electron chi connectivity index (χ4n) is 3.57. The van der Waals surface area contributed by atoms with Crippen molar-refractivity contribution in [1.29, 1.82) is 0 Å². The van der Waals surface area contributed by atoms with Gasteiger partial charge in [-0.15, -0.1) is 5.10 Å². The monoisotopic (exact) mass is 383 g/mol. The van der Waals surface area contributed by atoms with E-state index >= 15 is 0 Å². The molecule has 0 fully saturated rings. The van der Waals surface area contributed by atoms with E-state index in [1.54, 1.807) is 6.20 Å². The first kappa shape index (κ1) is 17.3. The first-order valence-electron chi connectivity index (χ1n) is 9.55. The Kier molecular flexibility index (Phi) is 4.17. The lowest BCUT2D eigenvalue weighted by molar-refractivity contribution is 0.306. The van der Waals surface area contributed by atoms with Gasteiger partial charge in [0, 0.05) is 27.7 Å². The van der Waals surface area contributed by atoms with Crippen molar-refractivity contribution in [2.45, 2.75) is 20.5 Å². The van der Waals surface area contributed by atoms with Gasteiger partial charge in [0.15, 0.2) is 5.82 Å². The third-order valence-electron chi connectivity index (χ3n) is 5.13. The predicted molar refractivity (Wildman–Crippen MR) is 115 cm³/mol. The van der Waals surface area contributed by atoms with Crippen LogP contribution >= 0.6 is 0 Å². The minimum absolute atomic E-state index is 0.535. The molecule has 0 saturated carbocycles. The number of aromatic amines is 1. The van der Waals surface area contributed by atoms with E-state index < -0.39 is 0 Å². The highest BCUT2D eigenvalue weighted by Gasteiger charge is 2.12.